The Bertz CT molecular complexity index is 1030. The summed E-state index contributed by atoms with van der Waals surface area (Å²) in [5.41, 5.74) is 3.50. The minimum Gasteiger partial charge on any atom is -0.273 e. The number of benzene rings is 2. The maximum absolute atomic E-state index is 13.0. The Morgan fingerprint density at radius 1 is 0.929 bits per heavy atom. The highest BCUT2D eigenvalue weighted by Gasteiger charge is 2.67. The molecular formula is C23H20N2O3. The van der Waals surface area contributed by atoms with Gasteiger partial charge in [-0.3, -0.25) is 19.8 Å². The van der Waals surface area contributed by atoms with Gasteiger partial charge >= 0.3 is 0 Å². The van der Waals surface area contributed by atoms with Crippen molar-refractivity contribution in [2.75, 3.05) is 0 Å². The Morgan fingerprint density at radius 3 is 2.29 bits per heavy atom. The number of rotatable bonds is 3. The van der Waals surface area contributed by atoms with Crippen LogP contribution in [0.3, 0.4) is 0 Å². The van der Waals surface area contributed by atoms with Crippen LogP contribution in [0.2, 0.25) is 0 Å². The number of amides is 3. The van der Waals surface area contributed by atoms with E-state index in [4.69, 9.17) is 0 Å². The highest BCUT2D eigenvalue weighted by molar-refractivity contribution is 6.07. The van der Waals surface area contributed by atoms with E-state index in [1.54, 1.807) is 0 Å². The number of nitrogens with one attached hydrogen (secondary N) is 1. The summed E-state index contributed by atoms with van der Waals surface area (Å²) in [7, 11) is 0. The van der Waals surface area contributed by atoms with Crippen LogP contribution in [-0.2, 0) is 20.8 Å². The van der Waals surface area contributed by atoms with Gasteiger partial charge in [0.1, 0.15) is 0 Å². The summed E-state index contributed by atoms with van der Waals surface area (Å²) >= 11 is 0. The van der Waals surface area contributed by atoms with Crippen LogP contribution in [-0.4, -0.2) is 22.7 Å². The van der Waals surface area contributed by atoms with Gasteiger partial charge < -0.3 is 0 Å². The van der Waals surface area contributed by atoms with E-state index in [0.29, 0.717) is 11.8 Å². The average molecular weight is 372 g/mol. The summed E-state index contributed by atoms with van der Waals surface area (Å²) in [6, 6.07) is 13.7. The second-order valence-corrected chi connectivity index (χ2v) is 8.52. The summed E-state index contributed by atoms with van der Waals surface area (Å²) in [5.74, 6) is 0.0684. The fourth-order valence-corrected chi connectivity index (χ4v) is 5.85. The van der Waals surface area contributed by atoms with Gasteiger partial charge in [0.15, 0.2) is 0 Å². The molecule has 4 aliphatic carbocycles. The fourth-order valence-electron chi connectivity index (χ4n) is 5.85. The first-order chi connectivity index (χ1) is 13.6. The van der Waals surface area contributed by atoms with Crippen molar-refractivity contribution < 1.29 is 14.4 Å². The molecule has 1 saturated heterocycles. The van der Waals surface area contributed by atoms with Gasteiger partial charge in [0.25, 0.3) is 11.8 Å². The zero-order chi connectivity index (χ0) is 19.0. The minimum atomic E-state index is -0.331. The third-order valence-electron chi connectivity index (χ3n) is 7.13. The lowest BCUT2D eigenvalue weighted by Crippen LogP contribution is -2.47. The van der Waals surface area contributed by atoms with Crippen LogP contribution in [0.1, 0.15) is 12.0 Å². The normalized spacial score (nSPS) is 34.5. The van der Waals surface area contributed by atoms with Crippen molar-refractivity contribution in [3.8, 4) is 0 Å². The summed E-state index contributed by atoms with van der Waals surface area (Å²) in [6.07, 6.45) is 5.52. The van der Waals surface area contributed by atoms with Crippen molar-refractivity contribution in [2.24, 2.45) is 35.5 Å². The number of carbonyl (C=O) groups is 3. The predicted molar refractivity (Wildman–Crippen MR) is 102 cm³/mol. The Labute approximate surface area is 162 Å². The quantitative estimate of drug-likeness (QED) is 0.665. The molecule has 1 aliphatic heterocycles. The Kier molecular flexibility index (Phi) is 3.17. The molecule has 2 bridgehead atoms. The van der Waals surface area contributed by atoms with Gasteiger partial charge in [-0.25, -0.2) is 0 Å². The molecule has 2 aromatic rings. The smallest absolute Gasteiger partial charge is 0.252 e. The van der Waals surface area contributed by atoms with Crippen LogP contribution in [0.15, 0.2) is 54.6 Å². The van der Waals surface area contributed by atoms with Gasteiger partial charge in [-0.1, -0.05) is 54.6 Å². The molecular weight excluding hydrogens is 352 g/mol. The molecule has 3 fully saturated rings. The first-order valence-corrected chi connectivity index (χ1v) is 9.96. The maximum atomic E-state index is 13.0. The van der Waals surface area contributed by atoms with Gasteiger partial charge in [-0.05, 0) is 46.4 Å². The van der Waals surface area contributed by atoms with Gasteiger partial charge in [0, 0.05) is 0 Å². The number of hydrogen-bond acceptors (Lipinski definition) is 3. The second-order valence-electron chi connectivity index (χ2n) is 8.52. The van der Waals surface area contributed by atoms with Crippen LogP contribution in [0.25, 0.3) is 10.8 Å². The number of allylic oxidation sites excluding steroid dienone is 2. The predicted octanol–water partition coefficient (Wildman–Crippen LogP) is 2.47. The third-order valence-corrected chi connectivity index (χ3v) is 7.13. The van der Waals surface area contributed by atoms with Crippen molar-refractivity contribution in [2.45, 2.75) is 12.8 Å². The monoisotopic (exact) mass is 372 g/mol. The summed E-state index contributed by atoms with van der Waals surface area (Å²) in [4.78, 5) is 38.6. The molecule has 5 nitrogen and oxygen atoms in total. The molecule has 5 heteroatoms. The number of hydrogen-bond donors (Lipinski definition) is 1. The van der Waals surface area contributed by atoms with E-state index in [9.17, 15) is 14.4 Å². The highest BCUT2D eigenvalue weighted by Crippen LogP contribution is 2.65. The molecule has 0 spiro atoms. The van der Waals surface area contributed by atoms with Crippen molar-refractivity contribution >= 4 is 28.5 Å². The SMILES string of the molecule is O=C(Cc1cccc2ccccc12)NN1C(=O)C2C3C=CC(C4CC34)C2C1=O. The molecule has 0 radical (unpaired) electrons. The number of carbonyl (C=O) groups excluding carboxylic acids is 3. The van der Waals surface area contributed by atoms with E-state index >= 15 is 0 Å². The first-order valence-electron chi connectivity index (χ1n) is 9.96. The topological polar surface area (TPSA) is 66.5 Å². The number of imide groups is 1. The number of fused-ring (bicyclic) bond motifs is 1. The first kappa shape index (κ1) is 16.0. The molecule has 2 aromatic carbocycles. The molecule has 140 valence electrons. The molecule has 6 atom stereocenters. The molecule has 5 aliphatic rings. The van der Waals surface area contributed by atoms with Crippen molar-refractivity contribution in [1.82, 2.24) is 10.4 Å². The van der Waals surface area contributed by atoms with Crippen LogP contribution in [0, 0.1) is 35.5 Å². The van der Waals surface area contributed by atoms with Crippen molar-refractivity contribution in [1.29, 1.82) is 0 Å². The highest BCUT2D eigenvalue weighted by atomic mass is 16.2. The van der Waals surface area contributed by atoms with Crippen LogP contribution >= 0.6 is 0 Å². The van der Waals surface area contributed by atoms with Crippen molar-refractivity contribution in [3.05, 3.63) is 60.2 Å². The lowest BCUT2D eigenvalue weighted by atomic mass is 9.63. The molecule has 6 unspecified atom stereocenters. The largest absolute Gasteiger partial charge is 0.273 e. The standard InChI is InChI=1S/C23H20N2O3/c26-19(10-13-6-3-5-12-4-1-2-7-14(12)13)24-25-22(27)20-15-8-9-16(18-11-17(15)18)21(20)23(25)28/h1-9,15-18,20-21H,10-11H2,(H,24,26). The van der Waals surface area contributed by atoms with E-state index in [-0.39, 0.29) is 47.8 Å². The molecule has 7 rings (SSSR count). The summed E-state index contributed by atoms with van der Waals surface area (Å²) in [5, 5.41) is 3.09. The van der Waals surface area contributed by atoms with Gasteiger partial charge in [-0.2, -0.15) is 5.01 Å². The van der Waals surface area contributed by atoms with E-state index in [2.05, 4.69) is 17.6 Å². The number of nitrogens with zero attached hydrogens (tertiary/aromatic N) is 1. The Hall–Kier alpha value is -2.95. The Morgan fingerprint density at radius 2 is 1.57 bits per heavy atom. The average Bonchev–Trinajstić information content (AvgIpc) is 3.49. The van der Waals surface area contributed by atoms with E-state index < -0.39 is 0 Å². The minimum absolute atomic E-state index is 0.129. The lowest BCUT2D eigenvalue weighted by molar-refractivity contribution is -0.149. The Balaban J connectivity index is 1.23. The number of hydrazine groups is 1. The molecule has 0 aromatic heterocycles. The van der Waals surface area contributed by atoms with Crippen LogP contribution in [0.5, 0.6) is 0 Å². The van der Waals surface area contributed by atoms with Gasteiger partial charge in [-0.15, -0.1) is 0 Å². The van der Waals surface area contributed by atoms with Crippen LogP contribution < -0.4 is 5.43 Å². The third kappa shape index (κ3) is 2.10. The van der Waals surface area contributed by atoms with E-state index in [1.807, 2.05) is 42.5 Å². The molecule has 1 heterocycles. The zero-order valence-corrected chi connectivity index (χ0v) is 15.2. The van der Waals surface area contributed by atoms with E-state index in [1.165, 1.54) is 0 Å². The molecule has 1 N–H and O–H groups in total. The maximum Gasteiger partial charge on any atom is 0.252 e. The lowest BCUT2D eigenvalue weighted by Gasteiger charge is -2.37. The van der Waals surface area contributed by atoms with E-state index in [0.717, 1.165) is 27.8 Å². The zero-order valence-electron chi connectivity index (χ0n) is 15.2. The summed E-state index contributed by atoms with van der Waals surface area (Å²) in [6.45, 7) is 0. The summed E-state index contributed by atoms with van der Waals surface area (Å²) < 4.78 is 0. The molecule has 2 saturated carbocycles. The van der Waals surface area contributed by atoms with Gasteiger partial charge in [0.2, 0.25) is 5.91 Å². The molecule has 3 amide bonds. The van der Waals surface area contributed by atoms with Crippen molar-refractivity contribution in [3.63, 3.8) is 0 Å². The van der Waals surface area contributed by atoms with Gasteiger partial charge in [0.05, 0.1) is 18.3 Å². The molecule has 28 heavy (non-hydrogen) atoms. The van der Waals surface area contributed by atoms with Crippen LogP contribution in [0.4, 0.5) is 0 Å². The second kappa shape index (κ2) is 5.53. The fraction of sp³-hybridized carbons (Fsp3) is 0.348.